The number of esters is 1. The van der Waals surface area contributed by atoms with E-state index < -0.39 is 102 Å². The number of phenolic OH excluding ortho intramolecular Hbond substituents is 2. The molecule has 13 heteroatoms. The molecule has 0 bridgehead atoms. The van der Waals surface area contributed by atoms with Gasteiger partial charge in [0.2, 0.25) is 11.6 Å². The van der Waals surface area contributed by atoms with Crippen molar-refractivity contribution in [1.29, 1.82) is 0 Å². The molecule has 0 aromatic heterocycles. The van der Waals surface area contributed by atoms with Crippen molar-refractivity contribution in [3.8, 4) is 17.2 Å². The first-order chi connectivity index (χ1) is 22.4. The Morgan fingerprint density at radius 1 is 1.00 bits per heavy atom. The summed E-state index contributed by atoms with van der Waals surface area (Å²) in [4.78, 5) is 53.7. The van der Waals surface area contributed by atoms with E-state index in [1.165, 1.54) is 37.4 Å². The summed E-state index contributed by atoms with van der Waals surface area (Å²) in [5.74, 6) is -4.67. The zero-order valence-corrected chi connectivity index (χ0v) is 25.5. The lowest BCUT2D eigenvalue weighted by molar-refractivity contribution is -0.247. The summed E-state index contributed by atoms with van der Waals surface area (Å²) in [6.45, 7) is 0.729. The highest BCUT2D eigenvalue weighted by atomic mass is 16.7. The Morgan fingerprint density at radius 2 is 1.70 bits per heavy atom. The lowest BCUT2D eigenvalue weighted by Gasteiger charge is -2.42. The first kappa shape index (κ1) is 32.3. The van der Waals surface area contributed by atoms with Crippen molar-refractivity contribution >= 4 is 23.3 Å². The van der Waals surface area contributed by atoms with Crippen LogP contribution in [0, 0.1) is 0 Å². The molecule has 3 aromatic rings. The van der Waals surface area contributed by atoms with Crippen LogP contribution in [0.25, 0.3) is 0 Å². The van der Waals surface area contributed by atoms with Crippen LogP contribution in [0.15, 0.2) is 48.5 Å². The molecule has 6 rings (SSSR count). The number of carbonyl (C=O) groups excluding carboxylic acids is 4. The fourth-order valence-corrected chi connectivity index (χ4v) is 6.53. The zero-order valence-electron chi connectivity index (χ0n) is 25.5. The van der Waals surface area contributed by atoms with Crippen molar-refractivity contribution in [1.82, 2.24) is 0 Å². The summed E-state index contributed by atoms with van der Waals surface area (Å²) in [5, 5.41) is 45.4. The number of carbonyl (C=O) groups is 4. The second-order valence-corrected chi connectivity index (χ2v) is 11.9. The summed E-state index contributed by atoms with van der Waals surface area (Å²) < 4.78 is 22.4. The number of ether oxygens (including phenoxy) is 4. The van der Waals surface area contributed by atoms with Crippen LogP contribution < -0.4 is 10.5 Å². The van der Waals surface area contributed by atoms with Gasteiger partial charge in [0.25, 0.3) is 0 Å². The number of hydrogen-bond acceptors (Lipinski definition) is 13. The maximum atomic E-state index is 13.8. The van der Waals surface area contributed by atoms with Gasteiger partial charge in [-0.15, -0.1) is 0 Å². The highest BCUT2D eigenvalue weighted by Gasteiger charge is 2.50. The molecule has 1 saturated heterocycles. The topological polar surface area (TPSA) is 212 Å². The lowest BCUT2D eigenvalue weighted by atomic mass is 9.72. The van der Waals surface area contributed by atoms with Crippen LogP contribution in [-0.2, 0) is 25.4 Å². The van der Waals surface area contributed by atoms with Crippen LogP contribution in [0.2, 0.25) is 0 Å². The predicted octanol–water partition coefficient (Wildman–Crippen LogP) is 1.87. The molecule has 13 nitrogen and oxygen atoms in total. The average Bonchev–Trinajstić information content (AvgIpc) is 3.06. The van der Waals surface area contributed by atoms with Crippen molar-refractivity contribution in [3.05, 3.63) is 87.5 Å². The molecule has 1 heterocycles. The van der Waals surface area contributed by atoms with E-state index in [1.54, 1.807) is 25.1 Å². The molecular weight excluding hydrogens is 614 g/mol. The van der Waals surface area contributed by atoms with Gasteiger partial charge >= 0.3 is 5.97 Å². The van der Waals surface area contributed by atoms with Crippen molar-refractivity contribution in [3.63, 3.8) is 0 Å². The van der Waals surface area contributed by atoms with Crippen LogP contribution >= 0.6 is 0 Å². The summed E-state index contributed by atoms with van der Waals surface area (Å²) in [7, 11) is 1.32. The molecular formula is C34H33NO12. The molecule has 0 amide bonds. The Labute approximate surface area is 268 Å². The van der Waals surface area contributed by atoms with Gasteiger partial charge in [0.15, 0.2) is 18.7 Å². The Bertz CT molecular complexity index is 1780. The summed E-state index contributed by atoms with van der Waals surface area (Å²) in [6, 6.07) is 11.5. The first-order valence-electron chi connectivity index (χ1n) is 15.0. The second-order valence-electron chi connectivity index (χ2n) is 11.9. The van der Waals surface area contributed by atoms with Crippen LogP contribution in [0.1, 0.15) is 79.2 Å². The molecule has 0 saturated carbocycles. The quantitative estimate of drug-likeness (QED) is 0.143. The van der Waals surface area contributed by atoms with Gasteiger partial charge in [0.05, 0.1) is 47.7 Å². The maximum Gasteiger partial charge on any atom is 0.338 e. The number of rotatable bonds is 7. The first-order valence-corrected chi connectivity index (χ1v) is 15.0. The smallest absolute Gasteiger partial charge is 0.338 e. The maximum absolute atomic E-state index is 13.8. The number of aliphatic hydroxyl groups excluding tert-OH is 1. The third kappa shape index (κ3) is 5.45. The van der Waals surface area contributed by atoms with Crippen LogP contribution in [0.4, 0.5) is 0 Å². The van der Waals surface area contributed by atoms with Gasteiger partial charge in [0, 0.05) is 42.0 Å². The SMILES string of the molecule is COc1cccc2c1C(=O)c1c(O)c3c(c(O)c1C2=O)CC(O)(C(=O)COC(=O)c1ccccc1)CC3OC1CC(N)C(O)C(C)O1. The van der Waals surface area contributed by atoms with Gasteiger partial charge in [-0.2, -0.15) is 0 Å². The molecule has 3 aromatic carbocycles. The largest absolute Gasteiger partial charge is 0.507 e. The van der Waals surface area contributed by atoms with E-state index in [-0.39, 0.29) is 40.0 Å². The van der Waals surface area contributed by atoms with Gasteiger partial charge in [-0.25, -0.2) is 4.79 Å². The molecule has 6 N–H and O–H groups in total. The fraction of sp³-hybridized carbons (Fsp3) is 0.353. The Hall–Kier alpha value is -4.66. The second kappa shape index (κ2) is 12.2. The molecule has 1 aliphatic heterocycles. The zero-order chi connectivity index (χ0) is 33.8. The Kier molecular flexibility index (Phi) is 8.36. The third-order valence-electron chi connectivity index (χ3n) is 9.01. The molecule has 47 heavy (non-hydrogen) atoms. The monoisotopic (exact) mass is 647 g/mol. The predicted molar refractivity (Wildman–Crippen MR) is 161 cm³/mol. The minimum absolute atomic E-state index is 0.0158. The minimum atomic E-state index is -2.34. The molecule has 2 aliphatic carbocycles. The summed E-state index contributed by atoms with van der Waals surface area (Å²) in [6.07, 6.45) is -5.45. The normalized spacial score (nSPS) is 26.5. The van der Waals surface area contributed by atoms with Crippen LogP contribution in [-0.4, -0.2) is 87.6 Å². The highest BCUT2D eigenvalue weighted by Crippen LogP contribution is 2.52. The van der Waals surface area contributed by atoms with E-state index in [1.807, 2.05) is 0 Å². The standard InChI is InChI=1S/C34H33NO12/c1-15-28(37)19(35)11-23(46-15)47-21-13-34(43,22(36)14-45-33(42)16-7-4-3-5-8-16)12-18-25(21)32(41)27-26(30(18)39)29(38)17-9-6-10-20(44-2)24(17)31(27)40/h3-10,15,19,21,23,28,37,39,41,43H,11-14,35H2,1-2H3. The van der Waals surface area contributed by atoms with E-state index in [4.69, 9.17) is 24.7 Å². The number of aliphatic hydroxyl groups is 2. The van der Waals surface area contributed by atoms with Gasteiger partial charge in [-0.05, 0) is 25.1 Å². The van der Waals surface area contributed by atoms with Gasteiger partial charge < -0.3 is 45.1 Å². The number of fused-ring (bicyclic) bond motifs is 3. The summed E-state index contributed by atoms with van der Waals surface area (Å²) >= 11 is 0. The summed E-state index contributed by atoms with van der Waals surface area (Å²) in [5.41, 5.74) is 2.39. The van der Waals surface area contributed by atoms with E-state index in [2.05, 4.69) is 0 Å². The number of ketones is 3. The van der Waals surface area contributed by atoms with E-state index in [0.29, 0.717) is 0 Å². The third-order valence-corrected chi connectivity index (χ3v) is 9.01. The molecule has 6 unspecified atom stereocenters. The van der Waals surface area contributed by atoms with Crippen molar-refractivity contribution in [2.45, 2.75) is 62.4 Å². The Balaban J connectivity index is 1.42. The van der Waals surface area contributed by atoms with E-state index in [0.717, 1.165) is 0 Å². The number of benzene rings is 3. The van der Waals surface area contributed by atoms with Gasteiger partial charge in [-0.1, -0.05) is 30.3 Å². The molecule has 0 spiro atoms. The number of Topliss-reactive ketones (excluding diaryl/α,β-unsaturated/α-hetero) is 1. The number of methoxy groups -OCH3 is 1. The lowest BCUT2D eigenvalue weighted by Crippen LogP contribution is -2.53. The van der Waals surface area contributed by atoms with Gasteiger partial charge in [-0.3, -0.25) is 14.4 Å². The molecule has 1 fully saturated rings. The Morgan fingerprint density at radius 3 is 2.38 bits per heavy atom. The highest BCUT2D eigenvalue weighted by molar-refractivity contribution is 6.31. The van der Waals surface area contributed by atoms with Crippen LogP contribution in [0.3, 0.4) is 0 Å². The van der Waals surface area contributed by atoms with Crippen molar-refractivity contribution in [2.24, 2.45) is 5.73 Å². The molecule has 3 aliphatic rings. The van der Waals surface area contributed by atoms with E-state index >= 15 is 0 Å². The van der Waals surface area contributed by atoms with Crippen molar-refractivity contribution in [2.75, 3.05) is 13.7 Å². The number of nitrogens with two attached hydrogens (primary N) is 1. The number of phenols is 2. The minimum Gasteiger partial charge on any atom is -0.507 e. The number of hydrogen-bond donors (Lipinski definition) is 5. The fourth-order valence-electron chi connectivity index (χ4n) is 6.53. The average molecular weight is 648 g/mol. The number of aromatic hydroxyl groups is 2. The van der Waals surface area contributed by atoms with Crippen molar-refractivity contribution < 1.29 is 58.6 Å². The van der Waals surface area contributed by atoms with Gasteiger partial charge in [0.1, 0.15) is 22.8 Å². The molecule has 0 radical (unpaired) electrons. The molecule has 246 valence electrons. The molecule has 6 atom stereocenters. The van der Waals surface area contributed by atoms with E-state index in [9.17, 15) is 39.6 Å². The van der Waals surface area contributed by atoms with Crippen LogP contribution in [0.5, 0.6) is 17.2 Å².